The number of benzene rings is 2. The Labute approximate surface area is 93.3 Å². The molecular weight excluding hydrogens is 223 g/mol. The molecule has 0 unspecified atom stereocenters. The molecule has 1 aliphatic heterocycles. The number of hydrogen-bond donors (Lipinski definition) is 0. The summed E-state index contributed by atoms with van der Waals surface area (Å²) in [6.45, 7) is 0. The second kappa shape index (κ2) is 3.55. The lowest BCUT2D eigenvalue weighted by Crippen LogP contribution is -2.15. The fraction of sp³-hybridized carbons (Fsp3) is 0. The first-order chi connectivity index (χ1) is 7.36. The topological polar surface area (TPSA) is 17.1 Å². The van der Waals surface area contributed by atoms with Crippen LogP contribution in [0, 0.1) is 0 Å². The smallest absolute Gasteiger partial charge is 0.134 e. The van der Waals surface area contributed by atoms with Crippen molar-refractivity contribution >= 4 is 30.2 Å². The second-order valence-electron chi connectivity index (χ2n) is 3.42. The van der Waals surface area contributed by atoms with E-state index in [1.165, 1.54) is 0 Å². The van der Waals surface area contributed by atoms with Crippen molar-refractivity contribution in [2.24, 2.45) is 0 Å². The molecule has 3 heteroatoms. The Hall–Kier alpha value is -0.980. The van der Waals surface area contributed by atoms with Gasteiger partial charge in [-0.2, -0.15) is 0 Å². The van der Waals surface area contributed by atoms with Crippen LogP contribution in [0.15, 0.2) is 58.3 Å². The Balaban J connectivity index is 2.24. The van der Waals surface area contributed by atoms with Gasteiger partial charge < -0.3 is 4.57 Å². The third-order valence-electron chi connectivity index (χ3n) is 2.48. The fourth-order valence-corrected chi connectivity index (χ4v) is 4.90. The van der Waals surface area contributed by atoms with Gasteiger partial charge in [0.15, 0.2) is 0 Å². The summed E-state index contributed by atoms with van der Waals surface area (Å²) >= 11 is 1.71. The van der Waals surface area contributed by atoms with Crippen LogP contribution >= 0.6 is 19.6 Å². The van der Waals surface area contributed by atoms with E-state index in [9.17, 15) is 4.57 Å². The zero-order chi connectivity index (χ0) is 10.3. The number of fused-ring (bicyclic) bond motifs is 2. The normalized spacial score (nSPS) is 14.4. The Morgan fingerprint density at radius 1 is 0.800 bits per heavy atom. The van der Waals surface area contributed by atoms with Crippen LogP contribution in [0.3, 0.4) is 0 Å². The largest absolute Gasteiger partial charge is 0.317 e. The summed E-state index contributed by atoms with van der Waals surface area (Å²) in [7, 11) is -1.78. The van der Waals surface area contributed by atoms with Gasteiger partial charge in [-0.25, -0.2) is 0 Å². The first-order valence-electron chi connectivity index (χ1n) is 4.77. The lowest BCUT2D eigenvalue weighted by atomic mass is 10.3. The van der Waals surface area contributed by atoms with Gasteiger partial charge in [-0.3, -0.25) is 0 Å². The Bertz CT molecular complexity index is 503. The average Bonchev–Trinajstić information content (AvgIpc) is 2.30. The third-order valence-corrected chi connectivity index (χ3v) is 5.85. The molecule has 0 saturated heterocycles. The van der Waals surface area contributed by atoms with Crippen LogP contribution in [0.1, 0.15) is 0 Å². The molecule has 1 heterocycles. The number of hydrogen-bond acceptors (Lipinski definition) is 2. The predicted molar refractivity (Wildman–Crippen MR) is 65.3 cm³/mol. The minimum atomic E-state index is -1.78. The van der Waals surface area contributed by atoms with Crippen LogP contribution in [-0.4, -0.2) is 0 Å². The van der Waals surface area contributed by atoms with Crippen LogP contribution < -0.4 is 10.6 Å². The molecule has 3 rings (SSSR count). The highest BCUT2D eigenvalue weighted by Gasteiger charge is 2.20. The van der Waals surface area contributed by atoms with Gasteiger partial charge in [-0.05, 0) is 12.1 Å². The van der Waals surface area contributed by atoms with Crippen molar-refractivity contribution in [1.29, 1.82) is 0 Å². The number of rotatable bonds is 0. The molecule has 0 aliphatic carbocycles. The first-order valence-corrected chi connectivity index (χ1v) is 6.99. The fourth-order valence-electron chi connectivity index (χ4n) is 1.75. The van der Waals surface area contributed by atoms with Crippen molar-refractivity contribution in [3.8, 4) is 0 Å². The summed E-state index contributed by atoms with van der Waals surface area (Å²) < 4.78 is 12.3. The average molecular weight is 232 g/mol. The minimum Gasteiger partial charge on any atom is -0.317 e. The first kappa shape index (κ1) is 9.26. The van der Waals surface area contributed by atoms with Crippen LogP contribution in [0.25, 0.3) is 0 Å². The molecule has 0 saturated carbocycles. The van der Waals surface area contributed by atoms with E-state index in [0.717, 1.165) is 20.4 Å². The third kappa shape index (κ3) is 1.45. The Morgan fingerprint density at radius 3 is 1.80 bits per heavy atom. The molecule has 0 radical (unpaired) electrons. The molecule has 0 N–H and O–H groups in total. The minimum absolute atomic E-state index is 1.01. The molecule has 0 fully saturated rings. The molecule has 0 amide bonds. The molecule has 1 aliphatic rings. The maximum absolute atomic E-state index is 12.3. The Morgan fingerprint density at radius 2 is 1.27 bits per heavy atom. The van der Waals surface area contributed by atoms with E-state index in [0.29, 0.717) is 0 Å². The van der Waals surface area contributed by atoms with Crippen molar-refractivity contribution in [3.05, 3.63) is 48.5 Å². The summed E-state index contributed by atoms with van der Waals surface area (Å²) in [4.78, 5) is 2.28. The highest BCUT2D eigenvalue weighted by Crippen LogP contribution is 2.39. The van der Waals surface area contributed by atoms with E-state index in [1.807, 2.05) is 48.5 Å². The maximum atomic E-state index is 12.3. The summed E-state index contributed by atoms with van der Waals surface area (Å²) in [6, 6.07) is 15.9. The van der Waals surface area contributed by atoms with E-state index < -0.39 is 7.80 Å². The van der Waals surface area contributed by atoms with Gasteiger partial charge in [0, 0.05) is 20.4 Å². The molecule has 2 aromatic carbocycles. The van der Waals surface area contributed by atoms with Gasteiger partial charge in [0.2, 0.25) is 0 Å². The van der Waals surface area contributed by atoms with Gasteiger partial charge in [0.05, 0.1) is 0 Å². The van der Waals surface area contributed by atoms with Gasteiger partial charge >= 0.3 is 0 Å². The molecule has 74 valence electrons. The van der Waals surface area contributed by atoms with Gasteiger partial charge in [-0.1, -0.05) is 48.2 Å². The van der Waals surface area contributed by atoms with Gasteiger partial charge in [0.25, 0.3) is 0 Å². The Kier molecular flexibility index (Phi) is 2.19. The van der Waals surface area contributed by atoms with Crippen LogP contribution in [0.2, 0.25) is 0 Å². The zero-order valence-corrected chi connectivity index (χ0v) is 9.75. The predicted octanol–water partition coefficient (Wildman–Crippen LogP) is 2.66. The van der Waals surface area contributed by atoms with E-state index in [-0.39, 0.29) is 0 Å². The van der Waals surface area contributed by atoms with Crippen LogP contribution in [0.5, 0.6) is 0 Å². The van der Waals surface area contributed by atoms with E-state index in [1.54, 1.807) is 11.8 Å². The molecular formula is C12H9OPS. The van der Waals surface area contributed by atoms with Crippen molar-refractivity contribution in [2.45, 2.75) is 9.79 Å². The van der Waals surface area contributed by atoms with Crippen molar-refractivity contribution in [1.82, 2.24) is 0 Å². The standard InChI is InChI=1S/C12H9OPS/c13-14-9-5-1-3-7-11(9)15-12-8-4-2-6-10(12)14/h1-8,14H. The molecule has 2 aromatic rings. The van der Waals surface area contributed by atoms with E-state index in [4.69, 9.17) is 0 Å². The van der Waals surface area contributed by atoms with Crippen LogP contribution in [0.4, 0.5) is 0 Å². The SMILES string of the molecule is O=[PH]1c2ccccc2Sc2ccccc21. The van der Waals surface area contributed by atoms with Crippen molar-refractivity contribution < 1.29 is 4.57 Å². The molecule has 15 heavy (non-hydrogen) atoms. The van der Waals surface area contributed by atoms with E-state index >= 15 is 0 Å². The summed E-state index contributed by atoms with van der Waals surface area (Å²) in [5.74, 6) is 0. The van der Waals surface area contributed by atoms with Gasteiger partial charge in [0.1, 0.15) is 7.80 Å². The lowest BCUT2D eigenvalue weighted by molar-refractivity contribution is 0.597. The monoisotopic (exact) mass is 232 g/mol. The lowest BCUT2D eigenvalue weighted by Gasteiger charge is -2.17. The molecule has 0 atom stereocenters. The highest BCUT2D eigenvalue weighted by molar-refractivity contribution is 8.01. The van der Waals surface area contributed by atoms with Crippen molar-refractivity contribution in [2.75, 3.05) is 0 Å². The van der Waals surface area contributed by atoms with Crippen LogP contribution in [-0.2, 0) is 4.57 Å². The van der Waals surface area contributed by atoms with E-state index in [2.05, 4.69) is 0 Å². The molecule has 0 bridgehead atoms. The summed E-state index contributed by atoms with van der Waals surface area (Å²) in [6.07, 6.45) is 0. The second-order valence-corrected chi connectivity index (χ2v) is 6.24. The van der Waals surface area contributed by atoms with Crippen molar-refractivity contribution in [3.63, 3.8) is 0 Å². The maximum Gasteiger partial charge on any atom is 0.134 e. The summed E-state index contributed by atoms with van der Waals surface area (Å²) in [5.41, 5.74) is 0. The summed E-state index contributed by atoms with van der Waals surface area (Å²) in [5, 5.41) is 2.01. The quantitative estimate of drug-likeness (QED) is 0.554. The van der Waals surface area contributed by atoms with Gasteiger partial charge in [-0.15, -0.1) is 0 Å². The zero-order valence-electron chi connectivity index (χ0n) is 7.94. The molecule has 0 aromatic heterocycles. The highest BCUT2D eigenvalue weighted by atomic mass is 32.2. The molecule has 0 spiro atoms. The molecule has 1 nitrogen and oxygen atoms in total.